The van der Waals surface area contributed by atoms with E-state index < -0.39 is 0 Å². The van der Waals surface area contributed by atoms with E-state index in [1.807, 2.05) is 36.5 Å². The van der Waals surface area contributed by atoms with Crippen molar-refractivity contribution < 1.29 is 9.53 Å². The molecule has 0 aromatic carbocycles. The maximum atomic E-state index is 10.5. The Hall–Kier alpha value is -1.31. The number of esters is 1. The van der Waals surface area contributed by atoms with Crippen molar-refractivity contribution in [1.29, 1.82) is 0 Å². The normalized spacial score (nSPS) is 16.5. The fourth-order valence-corrected chi connectivity index (χ4v) is 0.810. The Kier molecular flexibility index (Phi) is 2.66. The summed E-state index contributed by atoms with van der Waals surface area (Å²) < 4.78 is 4.92. The maximum Gasteiger partial charge on any atom is 0.303 e. The highest BCUT2D eigenvalue weighted by molar-refractivity contribution is 5.66. The average molecular weight is 150 g/mol. The number of allylic oxidation sites excluding steroid dienone is 4. The van der Waals surface area contributed by atoms with Gasteiger partial charge in [-0.2, -0.15) is 0 Å². The van der Waals surface area contributed by atoms with E-state index in [1.165, 1.54) is 6.92 Å². The van der Waals surface area contributed by atoms with Gasteiger partial charge in [-0.25, -0.2) is 0 Å². The minimum Gasteiger partial charge on any atom is -0.454 e. The monoisotopic (exact) mass is 150 g/mol. The van der Waals surface area contributed by atoms with Gasteiger partial charge in [-0.05, 0) is 12.2 Å². The molecular weight excluding hydrogens is 140 g/mol. The smallest absolute Gasteiger partial charge is 0.303 e. The third-order valence-corrected chi connectivity index (χ3v) is 1.24. The number of carbonyl (C=O) groups is 1. The van der Waals surface area contributed by atoms with Crippen molar-refractivity contribution in [3.63, 3.8) is 0 Å². The van der Waals surface area contributed by atoms with Crippen LogP contribution in [0.2, 0.25) is 0 Å². The van der Waals surface area contributed by atoms with Crippen molar-refractivity contribution in [2.24, 2.45) is 0 Å². The highest BCUT2D eigenvalue weighted by Gasteiger charge is 2.02. The molecule has 0 unspecified atom stereocenters. The molecule has 0 atom stereocenters. The predicted octanol–water partition coefficient (Wildman–Crippen LogP) is 1.60. The number of ether oxygens (including phenoxy) is 1. The topological polar surface area (TPSA) is 26.3 Å². The summed E-state index contributed by atoms with van der Waals surface area (Å²) >= 11 is 0. The van der Waals surface area contributed by atoms with Crippen LogP contribution in [0.4, 0.5) is 0 Å². The molecule has 0 aromatic heterocycles. The van der Waals surface area contributed by atoms with E-state index in [2.05, 4.69) is 0 Å². The molecule has 0 amide bonds. The van der Waals surface area contributed by atoms with Crippen LogP contribution in [-0.2, 0) is 9.53 Å². The first-order valence-electron chi connectivity index (χ1n) is 3.48. The molecule has 58 valence electrons. The fourth-order valence-electron chi connectivity index (χ4n) is 0.810. The summed E-state index contributed by atoms with van der Waals surface area (Å²) in [7, 11) is 0. The Morgan fingerprint density at radius 1 is 1.18 bits per heavy atom. The minimum absolute atomic E-state index is 0.206. The van der Waals surface area contributed by atoms with Gasteiger partial charge in [-0.15, -0.1) is 0 Å². The van der Waals surface area contributed by atoms with E-state index in [4.69, 9.17) is 4.74 Å². The van der Waals surface area contributed by atoms with Gasteiger partial charge in [0.05, 0.1) is 0 Å². The third-order valence-electron chi connectivity index (χ3n) is 1.24. The SMILES string of the molecule is CC(=O)OC1C=CC=CC=C1. The van der Waals surface area contributed by atoms with E-state index in [0.29, 0.717) is 0 Å². The van der Waals surface area contributed by atoms with E-state index in [9.17, 15) is 4.79 Å². The zero-order chi connectivity index (χ0) is 8.10. The predicted molar refractivity (Wildman–Crippen MR) is 43.0 cm³/mol. The van der Waals surface area contributed by atoms with E-state index in [-0.39, 0.29) is 12.1 Å². The lowest BCUT2D eigenvalue weighted by molar-refractivity contribution is -0.142. The standard InChI is InChI=1S/C9H10O2/c1-8(10)11-9-6-4-2-3-5-7-9/h2-7,9H,1H3. The summed E-state index contributed by atoms with van der Waals surface area (Å²) in [5.74, 6) is -0.258. The summed E-state index contributed by atoms with van der Waals surface area (Å²) in [5.41, 5.74) is 0. The lowest BCUT2D eigenvalue weighted by atomic mass is 10.3. The molecule has 11 heavy (non-hydrogen) atoms. The Labute approximate surface area is 65.9 Å². The second kappa shape index (κ2) is 3.76. The zero-order valence-electron chi connectivity index (χ0n) is 6.36. The Morgan fingerprint density at radius 2 is 1.73 bits per heavy atom. The molecule has 1 rings (SSSR count). The van der Waals surface area contributed by atoms with Crippen molar-refractivity contribution in [2.45, 2.75) is 13.0 Å². The molecule has 0 N–H and O–H groups in total. The van der Waals surface area contributed by atoms with Crippen LogP contribution in [0.25, 0.3) is 0 Å². The molecular formula is C9H10O2. The average Bonchev–Trinajstić information content (AvgIpc) is 2.14. The molecule has 2 nitrogen and oxygen atoms in total. The highest BCUT2D eigenvalue weighted by Crippen LogP contribution is 2.01. The largest absolute Gasteiger partial charge is 0.454 e. The lowest BCUT2D eigenvalue weighted by Crippen LogP contribution is -2.09. The summed E-state index contributed by atoms with van der Waals surface area (Å²) in [5, 5.41) is 0. The van der Waals surface area contributed by atoms with Crippen LogP contribution >= 0.6 is 0 Å². The number of hydrogen-bond acceptors (Lipinski definition) is 2. The van der Waals surface area contributed by atoms with Crippen molar-refractivity contribution >= 4 is 5.97 Å². The van der Waals surface area contributed by atoms with Gasteiger partial charge in [0.25, 0.3) is 0 Å². The second-order valence-electron chi connectivity index (χ2n) is 2.23. The molecule has 0 bridgehead atoms. The Bertz CT molecular complexity index is 208. The highest BCUT2D eigenvalue weighted by atomic mass is 16.5. The summed E-state index contributed by atoms with van der Waals surface area (Å²) in [4.78, 5) is 10.5. The van der Waals surface area contributed by atoms with Crippen LogP contribution < -0.4 is 0 Å². The molecule has 0 aliphatic heterocycles. The molecule has 0 heterocycles. The molecule has 0 radical (unpaired) electrons. The van der Waals surface area contributed by atoms with Crippen molar-refractivity contribution in [3.05, 3.63) is 36.5 Å². The van der Waals surface area contributed by atoms with Crippen molar-refractivity contribution in [1.82, 2.24) is 0 Å². The summed E-state index contributed by atoms with van der Waals surface area (Å²) in [6.45, 7) is 1.40. The van der Waals surface area contributed by atoms with E-state index in [1.54, 1.807) is 0 Å². The Morgan fingerprint density at radius 3 is 2.18 bits per heavy atom. The van der Waals surface area contributed by atoms with E-state index >= 15 is 0 Å². The van der Waals surface area contributed by atoms with Gasteiger partial charge in [0, 0.05) is 6.92 Å². The van der Waals surface area contributed by atoms with Crippen molar-refractivity contribution in [3.8, 4) is 0 Å². The number of carbonyl (C=O) groups excluding carboxylic acids is 1. The molecule has 0 fully saturated rings. The van der Waals surface area contributed by atoms with Gasteiger partial charge in [0.15, 0.2) is 0 Å². The van der Waals surface area contributed by atoms with Crippen LogP contribution in [0.5, 0.6) is 0 Å². The van der Waals surface area contributed by atoms with Gasteiger partial charge in [-0.1, -0.05) is 24.3 Å². The van der Waals surface area contributed by atoms with Crippen LogP contribution in [-0.4, -0.2) is 12.1 Å². The first-order valence-corrected chi connectivity index (χ1v) is 3.48. The quantitative estimate of drug-likeness (QED) is 0.531. The van der Waals surface area contributed by atoms with Crippen LogP contribution in [0, 0.1) is 0 Å². The fraction of sp³-hybridized carbons (Fsp3) is 0.222. The molecule has 0 spiro atoms. The van der Waals surface area contributed by atoms with Crippen LogP contribution in [0.1, 0.15) is 6.92 Å². The molecule has 0 saturated carbocycles. The van der Waals surface area contributed by atoms with Crippen LogP contribution in [0.3, 0.4) is 0 Å². The molecule has 0 aromatic rings. The van der Waals surface area contributed by atoms with Crippen molar-refractivity contribution in [2.75, 3.05) is 0 Å². The molecule has 1 aliphatic carbocycles. The first-order chi connectivity index (χ1) is 5.29. The van der Waals surface area contributed by atoms with Gasteiger partial charge in [0.2, 0.25) is 0 Å². The lowest BCUT2D eigenvalue weighted by Gasteiger charge is -2.05. The molecule has 0 saturated heterocycles. The maximum absolute atomic E-state index is 10.5. The van der Waals surface area contributed by atoms with Gasteiger partial charge >= 0.3 is 5.97 Å². The summed E-state index contributed by atoms with van der Waals surface area (Å²) in [6.07, 6.45) is 10.9. The van der Waals surface area contributed by atoms with Gasteiger partial charge in [-0.3, -0.25) is 4.79 Å². The van der Waals surface area contributed by atoms with E-state index in [0.717, 1.165) is 0 Å². The molecule has 2 heteroatoms. The summed E-state index contributed by atoms with van der Waals surface area (Å²) in [6, 6.07) is 0. The second-order valence-corrected chi connectivity index (χ2v) is 2.23. The molecule has 1 aliphatic rings. The van der Waals surface area contributed by atoms with Gasteiger partial charge in [0.1, 0.15) is 6.10 Å². The Balaban J connectivity index is 2.53. The van der Waals surface area contributed by atoms with Crippen LogP contribution in [0.15, 0.2) is 36.5 Å². The zero-order valence-corrected chi connectivity index (χ0v) is 6.36. The van der Waals surface area contributed by atoms with Gasteiger partial charge < -0.3 is 4.74 Å². The number of hydrogen-bond donors (Lipinski definition) is 0. The third kappa shape index (κ3) is 2.85. The first kappa shape index (κ1) is 7.79. The minimum atomic E-state index is -0.258. The number of rotatable bonds is 1.